The van der Waals surface area contributed by atoms with Crippen molar-refractivity contribution in [2.24, 2.45) is 11.8 Å². The molecule has 1 aromatic rings. The molecule has 2 nitrogen and oxygen atoms in total. The van der Waals surface area contributed by atoms with Gasteiger partial charge in [0, 0.05) is 18.8 Å². The summed E-state index contributed by atoms with van der Waals surface area (Å²) < 4.78 is 0. The number of benzene rings is 1. The fraction of sp³-hybridized carbons (Fsp3) is 0.625. The molecule has 0 spiro atoms. The lowest BCUT2D eigenvalue weighted by Crippen LogP contribution is -2.27. The van der Waals surface area contributed by atoms with Gasteiger partial charge in [-0.2, -0.15) is 0 Å². The summed E-state index contributed by atoms with van der Waals surface area (Å²) in [4.78, 5) is 2.51. The number of rotatable bonds is 6. The molecule has 0 bridgehead atoms. The van der Waals surface area contributed by atoms with Crippen LogP contribution >= 0.6 is 0 Å². The number of hydrogen-bond acceptors (Lipinski definition) is 2. The summed E-state index contributed by atoms with van der Waals surface area (Å²) in [6.07, 6.45) is 2.61. The lowest BCUT2D eigenvalue weighted by molar-refractivity contribution is 0.480. The Labute approximate surface area is 111 Å². The summed E-state index contributed by atoms with van der Waals surface area (Å²) in [6.45, 7) is 9.33. The number of anilines is 1. The first-order valence-corrected chi connectivity index (χ1v) is 7.26. The zero-order chi connectivity index (χ0) is 12.8. The van der Waals surface area contributed by atoms with E-state index < -0.39 is 0 Å². The van der Waals surface area contributed by atoms with E-state index in [0.717, 1.165) is 11.8 Å². The Bertz CT molecular complexity index is 334. The van der Waals surface area contributed by atoms with Crippen LogP contribution in [0.1, 0.15) is 26.7 Å². The second-order valence-electron chi connectivity index (χ2n) is 5.82. The molecule has 18 heavy (non-hydrogen) atoms. The number of para-hydroxylation sites is 1. The Morgan fingerprint density at radius 3 is 2.78 bits per heavy atom. The zero-order valence-corrected chi connectivity index (χ0v) is 11.7. The van der Waals surface area contributed by atoms with Gasteiger partial charge in [0.05, 0.1) is 0 Å². The second-order valence-corrected chi connectivity index (χ2v) is 5.82. The van der Waals surface area contributed by atoms with Crippen molar-refractivity contribution < 1.29 is 0 Å². The van der Waals surface area contributed by atoms with E-state index in [1.807, 2.05) is 0 Å². The Hall–Kier alpha value is -1.02. The maximum absolute atomic E-state index is 3.60. The van der Waals surface area contributed by atoms with Crippen LogP contribution < -0.4 is 10.2 Å². The SMILES string of the molecule is CC(C)CCNCC1CCN(c2ccccc2)C1. The minimum absolute atomic E-state index is 0.807. The number of hydrogen-bond donors (Lipinski definition) is 1. The van der Waals surface area contributed by atoms with Gasteiger partial charge in [0.25, 0.3) is 0 Å². The standard InChI is InChI=1S/C16H26N2/c1-14(2)8-10-17-12-15-9-11-18(13-15)16-6-4-3-5-7-16/h3-7,14-15,17H,8-13H2,1-2H3. The van der Waals surface area contributed by atoms with Crippen molar-refractivity contribution in [2.75, 3.05) is 31.1 Å². The van der Waals surface area contributed by atoms with Gasteiger partial charge < -0.3 is 10.2 Å². The zero-order valence-electron chi connectivity index (χ0n) is 11.7. The first-order chi connectivity index (χ1) is 8.75. The first kappa shape index (κ1) is 13.4. The lowest BCUT2D eigenvalue weighted by Gasteiger charge is -2.18. The summed E-state index contributed by atoms with van der Waals surface area (Å²) in [5.41, 5.74) is 1.38. The Morgan fingerprint density at radius 2 is 2.06 bits per heavy atom. The minimum atomic E-state index is 0.807. The summed E-state index contributed by atoms with van der Waals surface area (Å²) >= 11 is 0. The van der Waals surface area contributed by atoms with Crippen LogP contribution in [0.15, 0.2) is 30.3 Å². The molecule has 0 amide bonds. The topological polar surface area (TPSA) is 15.3 Å². The summed E-state index contributed by atoms with van der Waals surface area (Å²) in [5.74, 6) is 1.62. The van der Waals surface area contributed by atoms with Crippen LogP contribution in [-0.2, 0) is 0 Å². The van der Waals surface area contributed by atoms with Crippen LogP contribution in [0.5, 0.6) is 0 Å². The van der Waals surface area contributed by atoms with Crippen molar-refractivity contribution in [1.29, 1.82) is 0 Å². The summed E-state index contributed by atoms with van der Waals surface area (Å²) in [6, 6.07) is 10.8. The van der Waals surface area contributed by atoms with Gasteiger partial charge in [0.1, 0.15) is 0 Å². The van der Waals surface area contributed by atoms with E-state index in [1.165, 1.54) is 44.7 Å². The number of nitrogens with one attached hydrogen (secondary N) is 1. The van der Waals surface area contributed by atoms with E-state index in [1.54, 1.807) is 0 Å². The Kier molecular flexibility index (Phi) is 5.06. The van der Waals surface area contributed by atoms with Crippen molar-refractivity contribution in [2.45, 2.75) is 26.7 Å². The van der Waals surface area contributed by atoms with E-state index in [-0.39, 0.29) is 0 Å². The molecular formula is C16H26N2. The van der Waals surface area contributed by atoms with Crippen LogP contribution in [0.4, 0.5) is 5.69 Å². The molecule has 0 saturated carbocycles. The Balaban J connectivity index is 1.69. The molecule has 1 aromatic carbocycles. The van der Waals surface area contributed by atoms with Crippen LogP contribution in [0, 0.1) is 11.8 Å². The quantitative estimate of drug-likeness (QED) is 0.776. The highest BCUT2D eigenvalue weighted by atomic mass is 15.2. The van der Waals surface area contributed by atoms with Crippen molar-refractivity contribution in [3.63, 3.8) is 0 Å². The van der Waals surface area contributed by atoms with Crippen molar-refractivity contribution in [1.82, 2.24) is 5.32 Å². The maximum atomic E-state index is 3.60. The predicted molar refractivity (Wildman–Crippen MR) is 79.1 cm³/mol. The molecule has 1 unspecified atom stereocenters. The maximum Gasteiger partial charge on any atom is 0.0366 e. The van der Waals surface area contributed by atoms with Gasteiger partial charge in [-0.05, 0) is 49.9 Å². The van der Waals surface area contributed by atoms with E-state index >= 15 is 0 Å². The minimum Gasteiger partial charge on any atom is -0.371 e. The van der Waals surface area contributed by atoms with Crippen LogP contribution in [-0.4, -0.2) is 26.2 Å². The highest BCUT2D eigenvalue weighted by Gasteiger charge is 2.21. The Morgan fingerprint density at radius 1 is 1.28 bits per heavy atom. The average molecular weight is 246 g/mol. The molecule has 2 heteroatoms. The summed E-state index contributed by atoms with van der Waals surface area (Å²) in [7, 11) is 0. The molecule has 1 aliphatic rings. The molecule has 0 aliphatic carbocycles. The highest BCUT2D eigenvalue weighted by molar-refractivity contribution is 5.46. The monoisotopic (exact) mass is 246 g/mol. The molecule has 2 rings (SSSR count). The third-order valence-electron chi connectivity index (χ3n) is 3.74. The molecule has 1 fully saturated rings. The lowest BCUT2D eigenvalue weighted by atomic mass is 10.1. The van der Waals surface area contributed by atoms with Crippen LogP contribution in [0.25, 0.3) is 0 Å². The van der Waals surface area contributed by atoms with Crippen molar-refractivity contribution in [3.8, 4) is 0 Å². The van der Waals surface area contributed by atoms with Gasteiger partial charge in [-0.15, -0.1) is 0 Å². The van der Waals surface area contributed by atoms with E-state index in [0.29, 0.717) is 0 Å². The van der Waals surface area contributed by atoms with Gasteiger partial charge in [-0.3, -0.25) is 0 Å². The van der Waals surface area contributed by atoms with Gasteiger partial charge in [-0.1, -0.05) is 32.0 Å². The van der Waals surface area contributed by atoms with Crippen LogP contribution in [0.3, 0.4) is 0 Å². The molecular weight excluding hydrogens is 220 g/mol. The number of nitrogens with zero attached hydrogens (tertiary/aromatic N) is 1. The molecule has 1 atom stereocenters. The van der Waals surface area contributed by atoms with E-state index in [2.05, 4.69) is 54.4 Å². The van der Waals surface area contributed by atoms with Crippen molar-refractivity contribution in [3.05, 3.63) is 30.3 Å². The van der Waals surface area contributed by atoms with Crippen molar-refractivity contribution >= 4 is 5.69 Å². The van der Waals surface area contributed by atoms with Gasteiger partial charge in [0.2, 0.25) is 0 Å². The van der Waals surface area contributed by atoms with Gasteiger partial charge in [0.15, 0.2) is 0 Å². The third kappa shape index (κ3) is 4.02. The van der Waals surface area contributed by atoms with Gasteiger partial charge in [-0.25, -0.2) is 0 Å². The molecule has 1 N–H and O–H groups in total. The molecule has 1 aliphatic heterocycles. The normalized spacial score (nSPS) is 19.7. The second kappa shape index (κ2) is 6.79. The molecule has 0 aromatic heterocycles. The molecule has 0 radical (unpaired) electrons. The third-order valence-corrected chi connectivity index (χ3v) is 3.74. The van der Waals surface area contributed by atoms with Gasteiger partial charge >= 0.3 is 0 Å². The average Bonchev–Trinajstić information content (AvgIpc) is 2.84. The summed E-state index contributed by atoms with van der Waals surface area (Å²) in [5, 5.41) is 3.60. The van der Waals surface area contributed by atoms with Crippen LogP contribution in [0.2, 0.25) is 0 Å². The molecule has 1 heterocycles. The largest absolute Gasteiger partial charge is 0.371 e. The molecule has 100 valence electrons. The fourth-order valence-corrected chi connectivity index (χ4v) is 2.57. The highest BCUT2D eigenvalue weighted by Crippen LogP contribution is 2.22. The fourth-order valence-electron chi connectivity index (χ4n) is 2.57. The van der Waals surface area contributed by atoms with E-state index in [4.69, 9.17) is 0 Å². The van der Waals surface area contributed by atoms with E-state index in [9.17, 15) is 0 Å². The smallest absolute Gasteiger partial charge is 0.0366 e. The molecule has 1 saturated heterocycles. The first-order valence-electron chi connectivity index (χ1n) is 7.26. The predicted octanol–water partition coefficient (Wildman–Crippen LogP) is 3.15.